The minimum atomic E-state index is -0.911. The summed E-state index contributed by atoms with van der Waals surface area (Å²) >= 11 is 0. The first-order valence-electron chi connectivity index (χ1n) is 8.09. The summed E-state index contributed by atoms with van der Waals surface area (Å²) in [6.07, 6.45) is 1.35. The number of nitrogens with zero attached hydrogens (tertiary/aromatic N) is 1. The van der Waals surface area contributed by atoms with Gasteiger partial charge >= 0.3 is 17.8 Å². The lowest BCUT2D eigenvalue weighted by Gasteiger charge is -2.06. The van der Waals surface area contributed by atoms with E-state index in [-0.39, 0.29) is 0 Å². The van der Waals surface area contributed by atoms with Crippen LogP contribution in [-0.4, -0.2) is 37.7 Å². The van der Waals surface area contributed by atoms with Gasteiger partial charge < -0.3 is 14.8 Å². The number of esters is 1. The molecule has 0 saturated carbocycles. The van der Waals surface area contributed by atoms with E-state index >= 15 is 0 Å². The Morgan fingerprint density at radius 1 is 1.00 bits per heavy atom. The summed E-state index contributed by atoms with van der Waals surface area (Å²) in [5.74, 6) is -1.54. The molecule has 0 heterocycles. The predicted molar refractivity (Wildman–Crippen MR) is 99.8 cm³/mol. The van der Waals surface area contributed by atoms with Gasteiger partial charge in [0.15, 0.2) is 0 Å². The number of methoxy groups -OCH3 is 1. The molecule has 0 saturated heterocycles. The molecule has 0 aliphatic heterocycles. The Balaban J connectivity index is 1.86. The van der Waals surface area contributed by atoms with Crippen molar-refractivity contribution in [3.63, 3.8) is 0 Å². The molecule has 0 radical (unpaired) electrons. The summed E-state index contributed by atoms with van der Waals surface area (Å²) in [6, 6.07) is 13.0. The number of hydrogen-bond donors (Lipinski definition) is 2. The standard InChI is InChI=1S/C19H19N3O5/c1-3-27-16-10-8-15(9-11-16)21-17(23)18(24)22-20-12-13-4-6-14(7-5-13)19(25)26-2/h4-12H,3H2,1-2H3,(H,21,23)(H,22,24)/b20-12-. The van der Waals surface area contributed by atoms with Crippen LogP contribution in [0, 0.1) is 0 Å². The molecule has 0 unspecified atom stereocenters. The number of hydrogen-bond acceptors (Lipinski definition) is 6. The maximum Gasteiger partial charge on any atom is 0.337 e. The molecule has 0 bridgehead atoms. The number of carbonyl (C=O) groups excluding carboxylic acids is 3. The van der Waals surface area contributed by atoms with Gasteiger partial charge in [-0.25, -0.2) is 10.2 Å². The van der Waals surface area contributed by atoms with Crippen LogP contribution >= 0.6 is 0 Å². The molecule has 8 heteroatoms. The van der Waals surface area contributed by atoms with Crippen LogP contribution in [0.3, 0.4) is 0 Å². The van der Waals surface area contributed by atoms with Crippen LogP contribution in [0.25, 0.3) is 0 Å². The Morgan fingerprint density at radius 2 is 1.67 bits per heavy atom. The average molecular weight is 369 g/mol. The van der Waals surface area contributed by atoms with Gasteiger partial charge in [-0.3, -0.25) is 9.59 Å². The number of ether oxygens (including phenoxy) is 2. The van der Waals surface area contributed by atoms with Gasteiger partial charge in [0, 0.05) is 5.69 Å². The van der Waals surface area contributed by atoms with Crippen molar-refractivity contribution in [1.82, 2.24) is 5.43 Å². The highest BCUT2D eigenvalue weighted by molar-refractivity contribution is 6.39. The van der Waals surface area contributed by atoms with Crippen molar-refractivity contribution in [2.75, 3.05) is 19.0 Å². The van der Waals surface area contributed by atoms with Gasteiger partial charge in [-0.05, 0) is 48.9 Å². The fraction of sp³-hybridized carbons (Fsp3) is 0.158. The smallest absolute Gasteiger partial charge is 0.337 e. The SMILES string of the molecule is CCOc1ccc(NC(=O)C(=O)N/N=C\c2ccc(C(=O)OC)cc2)cc1. The largest absolute Gasteiger partial charge is 0.494 e. The van der Waals surface area contributed by atoms with Crippen LogP contribution in [0.1, 0.15) is 22.8 Å². The molecule has 2 aromatic carbocycles. The van der Waals surface area contributed by atoms with Crippen LogP contribution in [0.5, 0.6) is 5.75 Å². The maximum atomic E-state index is 11.8. The Morgan fingerprint density at radius 3 is 2.26 bits per heavy atom. The lowest BCUT2D eigenvalue weighted by Crippen LogP contribution is -2.32. The number of nitrogens with one attached hydrogen (secondary N) is 2. The van der Waals surface area contributed by atoms with Crippen molar-refractivity contribution in [3.05, 3.63) is 59.7 Å². The summed E-state index contributed by atoms with van der Waals surface area (Å²) in [5, 5.41) is 6.17. The van der Waals surface area contributed by atoms with Crippen molar-refractivity contribution in [2.45, 2.75) is 6.92 Å². The van der Waals surface area contributed by atoms with Crippen LogP contribution in [0.15, 0.2) is 53.6 Å². The topological polar surface area (TPSA) is 106 Å². The fourth-order valence-electron chi connectivity index (χ4n) is 2.03. The molecule has 8 nitrogen and oxygen atoms in total. The minimum absolute atomic E-state index is 0.397. The monoisotopic (exact) mass is 369 g/mol. The zero-order chi connectivity index (χ0) is 19.6. The lowest BCUT2D eigenvalue weighted by atomic mass is 10.1. The third-order valence-corrected chi connectivity index (χ3v) is 3.34. The highest BCUT2D eigenvalue weighted by atomic mass is 16.5. The second kappa shape index (κ2) is 9.71. The zero-order valence-electron chi connectivity index (χ0n) is 14.9. The Bertz CT molecular complexity index is 829. The third kappa shape index (κ3) is 5.96. The molecule has 0 atom stereocenters. The number of anilines is 1. The Kier molecular flexibility index (Phi) is 7.07. The summed E-state index contributed by atoms with van der Waals surface area (Å²) < 4.78 is 9.90. The van der Waals surface area contributed by atoms with E-state index in [2.05, 4.69) is 20.6 Å². The van der Waals surface area contributed by atoms with Crippen molar-refractivity contribution in [2.24, 2.45) is 5.10 Å². The first-order chi connectivity index (χ1) is 13.0. The van der Waals surface area contributed by atoms with Crippen molar-refractivity contribution in [3.8, 4) is 5.75 Å². The first-order valence-corrected chi connectivity index (χ1v) is 8.09. The summed E-state index contributed by atoms with van der Waals surface area (Å²) in [7, 11) is 1.30. The molecule has 0 aliphatic rings. The molecule has 0 aliphatic carbocycles. The minimum Gasteiger partial charge on any atom is -0.494 e. The van der Waals surface area contributed by atoms with Gasteiger partial charge in [-0.1, -0.05) is 12.1 Å². The van der Waals surface area contributed by atoms with Crippen molar-refractivity contribution >= 4 is 29.7 Å². The third-order valence-electron chi connectivity index (χ3n) is 3.34. The molecule has 0 fully saturated rings. The van der Waals surface area contributed by atoms with Crippen LogP contribution in [-0.2, 0) is 14.3 Å². The van der Waals surface area contributed by atoms with Gasteiger partial charge in [-0.15, -0.1) is 0 Å². The Hall–Kier alpha value is -3.68. The molecule has 2 N–H and O–H groups in total. The second-order valence-corrected chi connectivity index (χ2v) is 5.22. The number of carbonyl (C=O) groups is 3. The average Bonchev–Trinajstić information content (AvgIpc) is 2.69. The van der Waals surface area contributed by atoms with Gasteiger partial charge in [0.25, 0.3) is 0 Å². The number of benzene rings is 2. The maximum absolute atomic E-state index is 11.8. The van der Waals surface area contributed by atoms with E-state index < -0.39 is 17.8 Å². The van der Waals surface area contributed by atoms with Gasteiger partial charge in [0.1, 0.15) is 5.75 Å². The normalized spacial score (nSPS) is 10.3. The highest BCUT2D eigenvalue weighted by Gasteiger charge is 2.12. The van der Waals surface area contributed by atoms with Crippen molar-refractivity contribution < 1.29 is 23.9 Å². The molecular weight excluding hydrogens is 350 g/mol. The lowest BCUT2D eigenvalue weighted by molar-refractivity contribution is -0.136. The Labute approximate surface area is 156 Å². The molecule has 0 aromatic heterocycles. The van der Waals surface area contributed by atoms with E-state index in [0.29, 0.717) is 29.2 Å². The van der Waals surface area contributed by atoms with E-state index in [0.717, 1.165) is 0 Å². The molecule has 2 aromatic rings. The summed E-state index contributed by atoms with van der Waals surface area (Å²) in [5.41, 5.74) is 3.62. The fourth-order valence-corrected chi connectivity index (χ4v) is 2.03. The molecule has 27 heavy (non-hydrogen) atoms. The predicted octanol–water partition coefficient (Wildman–Crippen LogP) is 1.96. The molecule has 2 amide bonds. The van der Waals surface area contributed by atoms with Crippen molar-refractivity contribution in [1.29, 1.82) is 0 Å². The summed E-state index contributed by atoms with van der Waals surface area (Å²) in [4.78, 5) is 34.9. The number of amides is 2. The second-order valence-electron chi connectivity index (χ2n) is 5.22. The van der Waals surface area contributed by atoms with E-state index in [4.69, 9.17) is 4.74 Å². The van der Waals surface area contributed by atoms with Crippen LogP contribution in [0.2, 0.25) is 0 Å². The first kappa shape index (κ1) is 19.6. The van der Waals surface area contributed by atoms with Gasteiger partial charge in [0.05, 0.1) is 25.5 Å². The van der Waals surface area contributed by atoms with Gasteiger partial charge in [0.2, 0.25) is 0 Å². The van der Waals surface area contributed by atoms with E-state index in [9.17, 15) is 14.4 Å². The number of rotatable bonds is 6. The molecule has 2 rings (SSSR count). The molecule has 140 valence electrons. The van der Waals surface area contributed by atoms with Crippen LogP contribution in [0.4, 0.5) is 5.69 Å². The summed E-state index contributed by atoms with van der Waals surface area (Å²) in [6.45, 7) is 2.41. The zero-order valence-corrected chi connectivity index (χ0v) is 14.9. The van der Waals surface area contributed by atoms with E-state index in [1.807, 2.05) is 6.92 Å². The van der Waals surface area contributed by atoms with E-state index in [1.54, 1.807) is 48.5 Å². The molecule has 0 spiro atoms. The van der Waals surface area contributed by atoms with E-state index in [1.165, 1.54) is 13.3 Å². The highest BCUT2D eigenvalue weighted by Crippen LogP contribution is 2.15. The quantitative estimate of drug-likeness (QED) is 0.350. The molecular formula is C19H19N3O5. The number of hydrazone groups is 1. The van der Waals surface area contributed by atoms with Crippen LogP contribution < -0.4 is 15.5 Å². The van der Waals surface area contributed by atoms with Gasteiger partial charge in [-0.2, -0.15) is 5.10 Å².